The number of fused-ring (bicyclic) bond motifs is 1. The summed E-state index contributed by atoms with van der Waals surface area (Å²) in [7, 11) is -7.28. The van der Waals surface area contributed by atoms with Crippen molar-refractivity contribution in [2.45, 2.75) is 24.7 Å². The van der Waals surface area contributed by atoms with E-state index in [1.54, 1.807) is 47.2 Å². The van der Waals surface area contributed by atoms with Crippen molar-refractivity contribution >= 4 is 71.4 Å². The first-order valence-corrected chi connectivity index (χ1v) is 17.5. The fourth-order valence-corrected chi connectivity index (χ4v) is 7.98. The number of sulfone groups is 1. The summed E-state index contributed by atoms with van der Waals surface area (Å²) < 4.78 is 59.2. The molecule has 4 aromatic rings. The molecule has 43 heavy (non-hydrogen) atoms. The van der Waals surface area contributed by atoms with E-state index in [1.807, 2.05) is 11.8 Å². The maximum atomic E-state index is 13.8. The molecule has 0 saturated carbocycles. The first kappa shape index (κ1) is 31.0. The van der Waals surface area contributed by atoms with Crippen LogP contribution in [-0.4, -0.2) is 75.3 Å². The van der Waals surface area contributed by atoms with Crippen LogP contribution in [0.3, 0.4) is 0 Å². The van der Waals surface area contributed by atoms with Crippen molar-refractivity contribution in [2.24, 2.45) is 0 Å². The molecule has 15 heteroatoms. The molecule has 1 aliphatic heterocycles. The number of unbranched alkanes of at least 4 members (excludes halogenated alkanes) is 1. The number of benzene rings is 2. The van der Waals surface area contributed by atoms with Crippen molar-refractivity contribution in [1.29, 1.82) is 0 Å². The molecular formula is C28H29Cl2N5O6S2. The Morgan fingerprint density at radius 1 is 0.977 bits per heavy atom. The van der Waals surface area contributed by atoms with E-state index in [-0.39, 0.29) is 38.7 Å². The third-order valence-corrected chi connectivity index (χ3v) is 10.8. The van der Waals surface area contributed by atoms with Crippen LogP contribution in [0.5, 0.6) is 0 Å². The quantitative estimate of drug-likeness (QED) is 0.177. The highest BCUT2D eigenvalue weighted by atomic mass is 35.5. The highest BCUT2D eigenvalue weighted by molar-refractivity contribution is 7.93. The summed E-state index contributed by atoms with van der Waals surface area (Å²) in [5.74, 6) is 0.576. The van der Waals surface area contributed by atoms with E-state index in [2.05, 4.69) is 10.2 Å². The number of aromatic nitrogens is 3. The molecule has 11 nitrogen and oxygen atoms in total. The molecular weight excluding hydrogens is 637 g/mol. The molecule has 0 amide bonds. The molecule has 0 bridgehead atoms. The fourth-order valence-electron chi connectivity index (χ4n) is 4.65. The third-order valence-electron chi connectivity index (χ3n) is 6.97. The van der Waals surface area contributed by atoms with Crippen molar-refractivity contribution < 1.29 is 26.4 Å². The van der Waals surface area contributed by atoms with Crippen LogP contribution in [0, 0.1) is 0 Å². The van der Waals surface area contributed by atoms with Gasteiger partial charge in [-0.3, -0.25) is 13.7 Å². The SMILES string of the molecule is CCCCOC(=O)CN(c1ccc2c(ccn2-c2ccc(N3CCS(=O)(=O)CC3)nn2)c1)S(=O)(=O)c1cc(Cl)cc(Cl)c1. The number of rotatable bonds is 10. The number of halogens is 2. The number of hydrogen-bond donors (Lipinski definition) is 0. The van der Waals surface area contributed by atoms with E-state index in [0.29, 0.717) is 36.5 Å². The van der Waals surface area contributed by atoms with Crippen LogP contribution < -0.4 is 9.21 Å². The minimum Gasteiger partial charge on any atom is -0.464 e. The molecule has 0 atom stereocenters. The number of esters is 1. The van der Waals surface area contributed by atoms with Crippen LogP contribution in [0.1, 0.15) is 19.8 Å². The van der Waals surface area contributed by atoms with Gasteiger partial charge in [0.15, 0.2) is 21.5 Å². The maximum absolute atomic E-state index is 13.8. The molecule has 0 unspecified atom stereocenters. The minimum absolute atomic E-state index is 0.0779. The Morgan fingerprint density at radius 2 is 1.65 bits per heavy atom. The number of ether oxygens (including phenoxy) is 1. The second-order valence-corrected chi connectivity index (χ2v) is 15.0. The van der Waals surface area contributed by atoms with Crippen molar-refractivity contribution in [3.63, 3.8) is 0 Å². The lowest BCUT2D eigenvalue weighted by atomic mass is 10.2. The Labute approximate surface area is 259 Å². The summed E-state index contributed by atoms with van der Waals surface area (Å²) in [4.78, 5) is 14.4. The van der Waals surface area contributed by atoms with Crippen molar-refractivity contribution in [2.75, 3.05) is 47.0 Å². The van der Waals surface area contributed by atoms with E-state index < -0.39 is 32.4 Å². The number of sulfonamides is 1. The monoisotopic (exact) mass is 665 g/mol. The highest BCUT2D eigenvalue weighted by Crippen LogP contribution is 2.31. The van der Waals surface area contributed by atoms with Crippen LogP contribution in [0.4, 0.5) is 11.5 Å². The lowest BCUT2D eigenvalue weighted by Crippen LogP contribution is -2.40. The Hall–Kier alpha value is -3.39. The molecule has 0 spiro atoms. The predicted molar refractivity (Wildman–Crippen MR) is 167 cm³/mol. The van der Waals surface area contributed by atoms with E-state index >= 15 is 0 Å². The van der Waals surface area contributed by atoms with Gasteiger partial charge in [0.25, 0.3) is 10.0 Å². The zero-order valence-corrected chi connectivity index (χ0v) is 26.3. The summed E-state index contributed by atoms with van der Waals surface area (Å²) >= 11 is 12.2. The minimum atomic E-state index is -4.27. The molecule has 0 aliphatic carbocycles. The number of carbonyl (C=O) groups is 1. The van der Waals surface area contributed by atoms with E-state index in [9.17, 15) is 21.6 Å². The zero-order valence-electron chi connectivity index (χ0n) is 23.2. The normalized spacial score (nSPS) is 15.0. The molecule has 228 valence electrons. The van der Waals surface area contributed by atoms with Gasteiger partial charge in [0.1, 0.15) is 6.54 Å². The van der Waals surface area contributed by atoms with Gasteiger partial charge in [0, 0.05) is 34.7 Å². The summed E-state index contributed by atoms with van der Waals surface area (Å²) in [5, 5.41) is 9.61. The lowest BCUT2D eigenvalue weighted by molar-refractivity contribution is -0.141. The first-order valence-electron chi connectivity index (χ1n) is 13.5. The van der Waals surface area contributed by atoms with Crippen LogP contribution in [0.25, 0.3) is 16.7 Å². The molecule has 2 aromatic heterocycles. The second-order valence-electron chi connectivity index (χ2n) is 10.0. The summed E-state index contributed by atoms with van der Waals surface area (Å²) in [6.07, 6.45) is 3.26. The van der Waals surface area contributed by atoms with Gasteiger partial charge in [-0.15, -0.1) is 10.2 Å². The Kier molecular flexibility index (Phi) is 9.16. The molecule has 1 aliphatic rings. The fraction of sp³-hybridized carbons (Fsp3) is 0.321. The van der Waals surface area contributed by atoms with Crippen molar-refractivity contribution in [3.05, 3.63) is 70.8 Å². The first-order chi connectivity index (χ1) is 20.5. The standard InChI is InChI=1S/C28H29Cl2N5O6S2/c1-2-3-12-41-28(36)19-35(43(39,40)24-17-21(29)16-22(30)18-24)23-4-5-25-20(15-23)8-9-34(25)27-7-6-26(31-32-27)33-10-13-42(37,38)14-11-33/h4-9,15-18H,2-3,10-14,19H2,1H3. The van der Waals surface area contributed by atoms with Crippen LogP contribution in [0.2, 0.25) is 10.0 Å². The molecule has 2 aromatic carbocycles. The van der Waals surface area contributed by atoms with Gasteiger partial charge in [0.2, 0.25) is 0 Å². The summed E-state index contributed by atoms with van der Waals surface area (Å²) in [6, 6.07) is 14.3. The molecule has 3 heterocycles. The van der Waals surface area contributed by atoms with Crippen LogP contribution in [-0.2, 0) is 29.4 Å². The van der Waals surface area contributed by atoms with Gasteiger partial charge in [-0.25, -0.2) is 16.8 Å². The predicted octanol–water partition coefficient (Wildman–Crippen LogP) is 4.50. The van der Waals surface area contributed by atoms with E-state index in [1.165, 1.54) is 18.2 Å². The largest absolute Gasteiger partial charge is 0.464 e. The molecule has 5 rings (SSSR count). The number of anilines is 2. The highest BCUT2D eigenvalue weighted by Gasteiger charge is 2.29. The lowest BCUT2D eigenvalue weighted by Gasteiger charge is -2.27. The Morgan fingerprint density at radius 3 is 2.30 bits per heavy atom. The second kappa shape index (κ2) is 12.7. The molecule has 1 fully saturated rings. The van der Waals surface area contributed by atoms with Gasteiger partial charge in [0.05, 0.1) is 34.2 Å². The smallest absolute Gasteiger partial charge is 0.326 e. The average molecular weight is 667 g/mol. The van der Waals surface area contributed by atoms with Crippen molar-refractivity contribution in [3.8, 4) is 5.82 Å². The van der Waals surface area contributed by atoms with Gasteiger partial charge >= 0.3 is 5.97 Å². The van der Waals surface area contributed by atoms with Crippen LogP contribution in [0.15, 0.2) is 65.7 Å². The van der Waals surface area contributed by atoms with E-state index in [4.69, 9.17) is 27.9 Å². The zero-order chi connectivity index (χ0) is 30.8. The van der Waals surface area contributed by atoms with E-state index in [0.717, 1.165) is 16.2 Å². The Balaban J connectivity index is 1.45. The van der Waals surface area contributed by atoms with Gasteiger partial charge in [-0.1, -0.05) is 36.5 Å². The van der Waals surface area contributed by atoms with Gasteiger partial charge in [-0.05, 0) is 61.0 Å². The topological polar surface area (TPSA) is 132 Å². The molecule has 1 saturated heterocycles. The third kappa shape index (κ3) is 7.06. The van der Waals surface area contributed by atoms with Crippen LogP contribution >= 0.6 is 23.2 Å². The average Bonchev–Trinajstić information content (AvgIpc) is 3.39. The van der Waals surface area contributed by atoms with Gasteiger partial charge in [-0.2, -0.15) is 0 Å². The van der Waals surface area contributed by atoms with Gasteiger partial charge < -0.3 is 9.64 Å². The summed E-state index contributed by atoms with van der Waals surface area (Å²) in [5.41, 5.74) is 0.971. The summed E-state index contributed by atoms with van der Waals surface area (Å²) in [6.45, 7) is 2.31. The number of hydrogen-bond acceptors (Lipinski definition) is 9. The number of carbonyl (C=O) groups excluding carboxylic acids is 1. The maximum Gasteiger partial charge on any atom is 0.326 e. The molecule has 0 radical (unpaired) electrons. The Bertz CT molecular complexity index is 1830. The number of nitrogens with zero attached hydrogens (tertiary/aromatic N) is 5. The molecule has 0 N–H and O–H groups in total. The van der Waals surface area contributed by atoms with Crippen molar-refractivity contribution in [1.82, 2.24) is 14.8 Å².